The lowest BCUT2D eigenvalue weighted by molar-refractivity contribution is 0.0969. The van der Waals surface area contributed by atoms with Crippen LogP contribution >= 0.6 is 23.2 Å². The van der Waals surface area contributed by atoms with Crippen molar-refractivity contribution in [2.24, 2.45) is 0 Å². The standard InChI is InChI=1S/C25H24N2O2.C24H19ClN2O2.C24H22N2O2.C24H22N2O.C23H19ClN2O/c1-17-7-8-18(2)24(13-17)27-16-26-22-15-20(10-11-23(22)27)25(28)12-9-19-5-4-6-21(14-19)29-3;25-20-4-2-1-3-16(20)6-9-23(28)17-5-8-22-21(14-17)26-15-27(22)19-7-10-24-18(13-19)11-12-29-24;1-17-6-5-8-20(14-17)26-16-25-21-15-19(10-12-22(21)26)23(27)13-11-18-7-3-4-9-24(18)28-2;1-17-7-6-10-21(13-17)26-16-25-22-15-20(11-12-23(22)26)24(27)14-18(2)19-8-4-3-5-9-19;1-16-6-10-19(11-7-16)26-15-25-21-14-18(8-12-22(21)26)23(27)13-9-17-4-2-3-5-20(17)24/h4-8,10-11,13-16H,9,12H2,1-3H3;1-5,7-8,10,13-15H,6,9,11-12H2;3-10,12,14-16H,11,13H2,1-2H3;3-13,15-16,18H,14H2,1-2H3;2-8,10-12,14-15H,9,13H2,1H3. The first-order valence-corrected chi connectivity index (χ1v) is 47.7. The van der Waals surface area contributed by atoms with E-state index in [1.54, 1.807) is 26.9 Å². The molecule has 0 amide bonds. The molecule has 0 spiro atoms. The minimum atomic E-state index is 0.0936. The maximum atomic E-state index is 12.8. The van der Waals surface area contributed by atoms with E-state index in [0.717, 1.165) is 142 Å². The Balaban J connectivity index is 0.000000121. The summed E-state index contributed by atoms with van der Waals surface area (Å²) in [6.07, 6.45) is 14.8. The van der Waals surface area contributed by atoms with Crippen molar-refractivity contribution in [3.8, 4) is 45.7 Å². The van der Waals surface area contributed by atoms with Gasteiger partial charge in [0.2, 0.25) is 0 Å². The van der Waals surface area contributed by atoms with Crippen molar-refractivity contribution >= 4 is 107 Å². The lowest BCUT2D eigenvalue weighted by Crippen LogP contribution is -2.05. The molecule has 0 aliphatic carbocycles. The van der Waals surface area contributed by atoms with Crippen LogP contribution in [0.25, 0.3) is 83.6 Å². The number of benzene rings is 15. The number of aromatic nitrogens is 10. The maximum Gasteiger partial charge on any atom is 0.163 e. The summed E-state index contributed by atoms with van der Waals surface area (Å²) < 4.78 is 26.5. The van der Waals surface area contributed by atoms with Gasteiger partial charge in [-0.3, -0.25) is 46.8 Å². The third kappa shape index (κ3) is 22.9. The molecular formula is C120H106Cl2N10O8. The van der Waals surface area contributed by atoms with E-state index in [2.05, 4.69) is 173 Å². The van der Waals surface area contributed by atoms with Crippen molar-refractivity contribution in [3.05, 3.63) is 458 Å². The number of rotatable bonds is 27. The van der Waals surface area contributed by atoms with Crippen LogP contribution in [0.3, 0.4) is 0 Å². The van der Waals surface area contributed by atoms with E-state index in [1.165, 1.54) is 38.9 Å². The number of ether oxygens (including phenoxy) is 3. The second-order valence-electron chi connectivity index (χ2n) is 35.3. The zero-order chi connectivity index (χ0) is 97.3. The molecule has 15 aromatic carbocycles. The molecule has 21 rings (SSSR count). The van der Waals surface area contributed by atoms with Crippen LogP contribution in [-0.2, 0) is 32.1 Å². The number of imidazole rings is 5. The second-order valence-corrected chi connectivity index (χ2v) is 36.1. The third-order valence-corrected chi connectivity index (χ3v) is 26.1. The van der Waals surface area contributed by atoms with E-state index >= 15 is 0 Å². The maximum absolute atomic E-state index is 12.8. The van der Waals surface area contributed by atoms with Crippen molar-refractivity contribution in [3.63, 3.8) is 0 Å². The molecule has 0 N–H and O–H groups in total. The average Bonchev–Trinajstić information content (AvgIpc) is 1.65. The Morgan fingerprint density at radius 3 is 1.22 bits per heavy atom. The molecule has 6 heterocycles. The molecule has 1 unspecified atom stereocenters. The normalized spacial score (nSPS) is 11.6. The molecule has 1 aliphatic rings. The first kappa shape index (κ1) is 95.7. The van der Waals surface area contributed by atoms with Gasteiger partial charge >= 0.3 is 0 Å². The predicted octanol–water partition coefficient (Wildman–Crippen LogP) is 27.6. The molecule has 0 bridgehead atoms. The number of carbonyl (C=O) groups is 5. The first-order chi connectivity index (χ1) is 68.1. The van der Waals surface area contributed by atoms with Gasteiger partial charge in [0.25, 0.3) is 0 Å². The molecule has 0 saturated carbocycles. The average molecular weight is 1890 g/mol. The number of hydrogen-bond donors (Lipinski definition) is 0. The largest absolute Gasteiger partial charge is 0.497 e. The van der Waals surface area contributed by atoms with Gasteiger partial charge in [0.1, 0.15) is 48.9 Å². The van der Waals surface area contributed by atoms with Gasteiger partial charge in [-0.25, -0.2) is 24.9 Å². The van der Waals surface area contributed by atoms with Crippen LogP contribution in [0.1, 0.15) is 158 Å². The predicted molar refractivity (Wildman–Crippen MR) is 562 cm³/mol. The Morgan fingerprint density at radius 1 is 0.343 bits per heavy atom. The summed E-state index contributed by atoms with van der Waals surface area (Å²) in [4.78, 5) is 86.1. The highest BCUT2D eigenvalue weighted by atomic mass is 35.5. The molecule has 140 heavy (non-hydrogen) atoms. The number of carbonyl (C=O) groups excluding carboxylic acids is 5. The number of halogens is 2. The van der Waals surface area contributed by atoms with Crippen LogP contribution in [0.4, 0.5) is 0 Å². The summed E-state index contributed by atoms with van der Waals surface area (Å²) in [6.45, 7) is 13.2. The van der Waals surface area contributed by atoms with Gasteiger partial charge in [0, 0.05) is 99.1 Å². The SMILES string of the molecule is COc1cccc(CCC(=O)c2ccc3c(c2)ncn3-c2cc(C)ccc2C)c1.COc1ccccc1CCC(=O)c1ccc2c(c1)ncn2-c1cccc(C)c1.Cc1ccc(-n2cnc3cc(C(=O)CCc4ccccc4Cl)ccc32)cc1.Cc1cccc(-n2cnc3cc(C(=O)CC(C)c4ccccc4)ccc32)c1.O=C(CCc1ccccc1Cl)c1ccc2c(c1)ncn2-c1ccc2c(c1)CCO2. The highest BCUT2D eigenvalue weighted by molar-refractivity contribution is 6.31. The molecule has 0 saturated heterocycles. The Kier molecular flexibility index (Phi) is 30.4. The van der Waals surface area contributed by atoms with Gasteiger partial charge in [-0.05, 0) is 304 Å². The van der Waals surface area contributed by atoms with Crippen LogP contribution in [0, 0.1) is 34.6 Å². The number of nitrogens with zero attached hydrogens (tertiary/aromatic N) is 10. The summed E-state index contributed by atoms with van der Waals surface area (Å²) in [5.74, 6) is 3.37. The zero-order valence-electron chi connectivity index (χ0n) is 79.4. The lowest BCUT2D eigenvalue weighted by Gasteiger charge is -2.11. The fraction of sp³-hybridized carbons (Fsp3) is 0.167. The number of ketones is 5. The fourth-order valence-electron chi connectivity index (χ4n) is 17.5. The molecule has 1 atom stereocenters. The second kappa shape index (κ2) is 44.4. The molecule has 1 aliphatic heterocycles. The third-order valence-electron chi connectivity index (χ3n) is 25.4. The van der Waals surface area contributed by atoms with Crippen molar-refractivity contribution in [1.82, 2.24) is 47.8 Å². The Labute approximate surface area is 824 Å². The summed E-state index contributed by atoms with van der Waals surface area (Å²) in [6, 6.07) is 107. The molecule has 18 nitrogen and oxygen atoms in total. The zero-order valence-corrected chi connectivity index (χ0v) is 80.9. The first-order valence-electron chi connectivity index (χ1n) is 47.0. The molecule has 0 fully saturated rings. The van der Waals surface area contributed by atoms with Crippen LogP contribution in [0.15, 0.2) is 359 Å². The molecular weight excluding hydrogens is 1780 g/mol. The van der Waals surface area contributed by atoms with Crippen molar-refractivity contribution in [2.75, 3.05) is 20.8 Å². The summed E-state index contributed by atoms with van der Waals surface area (Å²) in [5, 5.41) is 1.41. The van der Waals surface area contributed by atoms with Gasteiger partial charge < -0.3 is 14.2 Å². The topological polar surface area (TPSA) is 202 Å². The quantitative estimate of drug-likeness (QED) is 0.0440. The van der Waals surface area contributed by atoms with Crippen LogP contribution < -0.4 is 14.2 Å². The summed E-state index contributed by atoms with van der Waals surface area (Å²) >= 11 is 12.4. The Hall–Kier alpha value is -16.0. The van der Waals surface area contributed by atoms with Crippen molar-refractivity contribution in [1.29, 1.82) is 0 Å². The lowest BCUT2D eigenvalue weighted by atomic mass is 9.93. The highest BCUT2D eigenvalue weighted by Gasteiger charge is 2.22. The van der Waals surface area contributed by atoms with E-state index < -0.39 is 0 Å². The number of hydrogen-bond acceptors (Lipinski definition) is 13. The molecule has 20 aromatic rings. The highest BCUT2D eigenvalue weighted by Crippen LogP contribution is 2.34. The number of aryl methyl sites for hydroxylation is 9. The molecule has 698 valence electrons. The Morgan fingerprint density at radius 2 is 0.743 bits per heavy atom. The van der Waals surface area contributed by atoms with Crippen LogP contribution in [0.2, 0.25) is 10.0 Å². The van der Waals surface area contributed by atoms with Crippen LogP contribution in [-0.4, -0.2) is 97.5 Å². The fourth-order valence-corrected chi connectivity index (χ4v) is 18.0. The van der Waals surface area contributed by atoms with Crippen molar-refractivity contribution < 1.29 is 38.2 Å². The molecule has 5 aromatic heterocycles. The smallest absolute Gasteiger partial charge is 0.163 e. The monoisotopic (exact) mass is 1880 g/mol. The van der Waals surface area contributed by atoms with Gasteiger partial charge in [0.15, 0.2) is 28.9 Å². The van der Waals surface area contributed by atoms with E-state index in [1.807, 2.05) is 263 Å². The molecule has 20 heteroatoms. The minimum Gasteiger partial charge on any atom is -0.497 e. The number of Topliss-reactive ketones (excluding diaryl/α,β-unsaturated/α-hetero) is 5. The summed E-state index contributed by atoms with van der Waals surface area (Å²) in [5.41, 5.74) is 30.5. The minimum absolute atomic E-state index is 0.0936. The number of methoxy groups -OCH3 is 2. The van der Waals surface area contributed by atoms with E-state index in [4.69, 9.17) is 37.4 Å². The van der Waals surface area contributed by atoms with Crippen LogP contribution in [0.5, 0.6) is 17.2 Å². The van der Waals surface area contributed by atoms with E-state index in [9.17, 15) is 24.0 Å². The molecule has 0 radical (unpaired) electrons. The van der Waals surface area contributed by atoms with E-state index in [-0.39, 0.29) is 34.8 Å². The van der Waals surface area contributed by atoms with Crippen molar-refractivity contribution in [2.45, 2.75) is 112 Å². The number of fused-ring (bicyclic) bond motifs is 6. The van der Waals surface area contributed by atoms with Gasteiger partial charge in [-0.2, -0.15) is 0 Å². The van der Waals surface area contributed by atoms with E-state index in [0.29, 0.717) is 90.1 Å². The summed E-state index contributed by atoms with van der Waals surface area (Å²) in [7, 11) is 3.30. The van der Waals surface area contributed by atoms with Gasteiger partial charge in [-0.1, -0.05) is 181 Å². The van der Waals surface area contributed by atoms with Gasteiger partial charge in [0.05, 0.1) is 81.7 Å². The van der Waals surface area contributed by atoms with Gasteiger partial charge in [-0.15, -0.1) is 0 Å². The Bertz CT molecular complexity index is 7920. The number of para-hydroxylation sites is 1.